The molecule has 0 radical (unpaired) electrons. The summed E-state index contributed by atoms with van der Waals surface area (Å²) in [6, 6.07) is 8.29. The largest absolute Gasteiger partial charge is 0.328 e. The number of benzene rings is 1. The minimum Gasteiger partial charge on any atom is -0.328 e. The molecule has 7 heteroatoms. The van der Waals surface area contributed by atoms with Crippen molar-refractivity contribution in [1.82, 2.24) is 14.8 Å². The van der Waals surface area contributed by atoms with Gasteiger partial charge in [-0.1, -0.05) is 12.1 Å². The van der Waals surface area contributed by atoms with Gasteiger partial charge in [0, 0.05) is 23.9 Å². The first-order valence-corrected chi connectivity index (χ1v) is 8.78. The summed E-state index contributed by atoms with van der Waals surface area (Å²) in [6.45, 7) is 0.457. The summed E-state index contributed by atoms with van der Waals surface area (Å²) in [6.07, 6.45) is 1.93. The molecule has 6 nitrogen and oxygen atoms in total. The number of anilines is 1. The van der Waals surface area contributed by atoms with Gasteiger partial charge in [-0.15, -0.1) is 22.0 Å². The summed E-state index contributed by atoms with van der Waals surface area (Å²) in [5.74, 6) is 2.78. The molecule has 2 aliphatic rings. The lowest BCUT2D eigenvalue weighted by Gasteiger charge is -2.31. The zero-order chi connectivity index (χ0) is 16.0. The number of aromatic nitrogens is 3. The molecule has 23 heavy (non-hydrogen) atoms. The maximum absolute atomic E-state index is 12.4. The van der Waals surface area contributed by atoms with E-state index in [0.29, 0.717) is 18.2 Å². The molecule has 120 valence electrons. The molecule has 1 saturated carbocycles. The van der Waals surface area contributed by atoms with E-state index in [-0.39, 0.29) is 11.9 Å². The molecule has 1 aliphatic heterocycles. The van der Waals surface area contributed by atoms with Gasteiger partial charge in [-0.2, -0.15) is 0 Å². The summed E-state index contributed by atoms with van der Waals surface area (Å²) in [5, 5.41) is 8.65. The van der Waals surface area contributed by atoms with Gasteiger partial charge in [0.15, 0.2) is 5.82 Å². The van der Waals surface area contributed by atoms with Gasteiger partial charge >= 0.3 is 0 Å². The number of para-hydroxylation sites is 1. The number of nitrogens with zero attached hydrogens (tertiary/aromatic N) is 4. The highest BCUT2D eigenvalue weighted by atomic mass is 32.2. The van der Waals surface area contributed by atoms with Crippen LogP contribution in [0.3, 0.4) is 0 Å². The van der Waals surface area contributed by atoms with Crippen LogP contribution >= 0.6 is 11.8 Å². The van der Waals surface area contributed by atoms with Crippen LogP contribution in [0.5, 0.6) is 0 Å². The highest BCUT2D eigenvalue weighted by molar-refractivity contribution is 8.00. The van der Waals surface area contributed by atoms with Crippen molar-refractivity contribution in [3.05, 3.63) is 35.9 Å². The SMILES string of the molecule is Cn1c(CN2C(=O)CSc3ccccc32)nnc1C1CC(N)C1. The molecular weight excluding hydrogens is 310 g/mol. The maximum atomic E-state index is 12.4. The molecule has 0 bridgehead atoms. The molecule has 1 fully saturated rings. The van der Waals surface area contributed by atoms with Crippen molar-refractivity contribution in [3.8, 4) is 0 Å². The zero-order valence-corrected chi connectivity index (χ0v) is 13.8. The number of thioether (sulfide) groups is 1. The van der Waals surface area contributed by atoms with Crippen LogP contribution in [0.1, 0.15) is 30.4 Å². The summed E-state index contributed by atoms with van der Waals surface area (Å²) >= 11 is 1.59. The summed E-state index contributed by atoms with van der Waals surface area (Å²) in [4.78, 5) is 15.3. The van der Waals surface area contributed by atoms with E-state index >= 15 is 0 Å². The fourth-order valence-electron chi connectivity index (χ4n) is 3.21. The first-order valence-electron chi connectivity index (χ1n) is 7.79. The second-order valence-electron chi connectivity index (χ2n) is 6.20. The Hall–Kier alpha value is -1.86. The van der Waals surface area contributed by atoms with Crippen LogP contribution in [0.2, 0.25) is 0 Å². The number of carbonyl (C=O) groups is 1. The zero-order valence-electron chi connectivity index (χ0n) is 13.0. The number of rotatable bonds is 3. The number of carbonyl (C=O) groups excluding carboxylic acids is 1. The highest BCUT2D eigenvalue weighted by Crippen LogP contribution is 2.37. The Morgan fingerprint density at radius 2 is 2.09 bits per heavy atom. The van der Waals surface area contributed by atoms with Crippen LogP contribution in [0.15, 0.2) is 29.2 Å². The number of hydrogen-bond acceptors (Lipinski definition) is 5. The Bertz CT molecular complexity index is 753. The Kier molecular flexibility index (Phi) is 3.61. The predicted molar refractivity (Wildman–Crippen MR) is 89.3 cm³/mol. The highest BCUT2D eigenvalue weighted by Gasteiger charge is 2.32. The standard InChI is InChI=1S/C16H19N5OS/c1-20-14(18-19-16(20)10-6-11(17)7-10)8-21-12-4-2-3-5-13(12)23-9-15(21)22/h2-5,10-11H,6-9,17H2,1H3. The van der Waals surface area contributed by atoms with Crippen LogP contribution in [0.25, 0.3) is 0 Å². The number of nitrogens with two attached hydrogens (primary N) is 1. The van der Waals surface area contributed by atoms with Crippen LogP contribution in [-0.4, -0.2) is 32.5 Å². The van der Waals surface area contributed by atoms with Crippen molar-refractivity contribution in [1.29, 1.82) is 0 Å². The van der Waals surface area contributed by atoms with Gasteiger partial charge in [-0.05, 0) is 25.0 Å². The van der Waals surface area contributed by atoms with Gasteiger partial charge in [-0.3, -0.25) is 4.79 Å². The van der Waals surface area contributed by atoms with Crippen LogP contribution in [0.4, 0.5) is 5.69 Å². The van der Waals surface area contributed by atoms with E-state index in [1.54, 1.807) is 11.8 Å². The first kappa shape index (κ1) is 14.7. The molecule has 0 atom stereocenters. The van der Waals surface area contributed by atoms with Crippen molar-refractivity contribution in [2.24, 2.45) is 12.8 Å². The van der Waals surface area contributed by atoms with Crippen molar-refractivity contribution < 1.29 is 4.79 Å². The third kappa shape index (κ3) is 2.53. The lowest BCUT2D eigenvalue weighted by atomic mass is 9.80. The number of fused-ring (bicyclic) bond motifs is 1. The van der Waals surface area contributed by atoms with Gasteiger partial charge in [0.1, 0.15) is 5.82 Å². The fourth-order valence-corrected chi connectivity index (χ4v) is 4.15. The first-order chi connectivity index (χ1) is 11.1. The molecule has 1 amide bonds. The van der Waals surface area contributed by atoms with Crippen LogP contribution < -0.4 is 10.6 Å². The normalized spacial score (nSPS) is 23.6. The van der Waals surface area contributed by atoms with Gasteiger partial charge in [0.05, 0.1) is 18.0 Å². The molecule has 2 aromatic rings. The number of hydrogen-bond donors (Lipinski definition) is 1. The van der Waals surface area contributed by atoms with E-state index in [9.17, 15) is 4.79 Å². The molecule has 1 aromatic carbocycles. The number of amides is 1. The van der Waals surface area contributed by atoms with Gasteiger partial charge in [-0.25, -0.2) is 0 Å². The monoisotopic (exact) mass is 329 g/mol. The summed E-state index contributed by atoms with van der Waals surface area (Å²) < 4.78 is 2.02. The van der Waals surface area contributed by atoms with Crippen LogP contribution in [0, 0.1) is 0 Å². The smallest absolute Gasteiger partial charge is 0.237 e. The van der Waals surface area contributed by atoms with Crippen molar-refractivity contribution in [2.45, 2.75) is 36.2 Å². The average Bonchev–Trinajstić information content (AvgIpc) is 2.88. The second-order valence-corrected chi connectivity index (χ2v) is 7.22. The van der Waals surface area contributed by atoms with E-state index in [2.05, 4.69) is 16.3 Å². The second kappa shape index (κ2) is 5.65. The van der Waals surface area contributed by atoms with E-state index in [1.807, 2.05) is 34.7 Å². The predicted octanol–water partition coefficient (Wildman–Crippen LogP) is 1.66. The third-order valence-corrected chi connectivity index (χ3v) is 5.69. The van der Waals surface area contributed by atoms with Crippen molar-refractivity contribution >= 4 is 23.4 Å². The quantitative estimate of drug-likeness (QED) is 0.927. The molecule has 0 spiro atoms. The van der Waals surface area contributed by atoms with E-state index in [4.69, 9.17) is 5.73 Å². The summed E-state index contributed by atoms with van der Waals surface area (Å²) in [5.41, 5.74) is 6.83. The Morgan fingerprint density at radius 3 is 2.87 bits per heavy atom. The molecule has 0 saturated heterocycles. The molecular formula is C16H19N5OS. The lowest BCUT2D eigenvalue weighted by Crippen LogP contribution is -2.37. The molecule has 1 aromatic heterocycles. The lowest BCUT2D eigenvalue weighted by molar-refractivity contribution is -0.116. The van der Waals surface area contributed by atoms with E-state index in [0.717, 1.165) is 35.1 Å². The van der Waals surface area contributed by atoms with E-state index < -0.39 is 0 Å². The molecule has 2 N–H and O–H groups in total. The minimum absolute atomic E-state index is 0.115. The molecule has 1 aliphatic carbocycles. The van der Waals surface area contributed by atoms with Crippen LogP contribution in [-0.2, 0) is 18.4 Å². The summed E-state index contributed by atoms with van der Waals surface area (Å²) in [7, 11) is 1.98. The molecule has 2 heterocycles. The Morgan fingerprint density at radius 1 is 1.30 bits per heavy atom. The fraction of sp³-hybridized carbons (Fsp3) is 0.438. The van der Waals surface area contributed by atoms with Gasteiger partial charge < -0.3 is 15.2 Å². The van der Waals surface area contributed by atoms with Gasteiger partial charge in [0.25, 0.3) is 0 Å². The topological polar surface area (TPSA) is 77.0 Å². The molecule has 0 unspecified atom stereocenters. The maximum Gasteiger partial charge on any atom is 0.237 e. The van der Waals surface area contributed by atoms with Gasteiger partial charge in [0.2, 0.25) is 5.91 Å². The minimum atomic E-state index is 0.115. The van der Waals surface area contributed by atoms with E-state index in [1.165, 1.54) is 0 Å². The third-order valence-electron chi connectivity index (χ3n) is 4.65. The molecule has 4 rings (SSSR count). The van der Waals surface area contributed by atoms with Crippen molar-refractivity contribution in [3.63, 3.8) is 0 Å². The average molecular weight is 329 g/mol. The Balaban J connectivity index is 1.60. The van der Waals surface area contributed by atoms with Crippen molar-refractivity contribution in [2.75, 3.05) is 10.7 Å². The Labute approximate surface area is 139 Å².